The van der Waals surface area contributed by atoms with E-state index < -0.39 is 0 Å². The predicted octanol–water partition coefficient (Wildman–Crippen LogP) is 1.70. The third-order valence-electron chi connectivity index (χ3n) is 2.91. The number of nitrogens with one attached hydrogen (secondary N) is 2. The Kier molecular flexibility index (Phi) is 5.45. The summed E-state index contributed by atoms with van der Waals surface area (Å²) in [5.74, 6) is 0.669. The minimum absolute atomic E-state index is 0.0918. The Morgan fingerprint density at radius 2 is 2.10 bits per heavy atom. The van der Waals surface area contributed by atoms with Crippen LogP contribution >= 0.6 is 0 Å². The summed E-state index contributed by atoms with van der Waals surface area (Å²) in [4.78, 5) is 16.0. The molecule has 0 bridgehead atoms. The number of hydrogen-bond acceptors (Lipinski definition) is 4. The second-order valence-corrected chi connectivity index (χ2v) is 4.99. The van der Waals surface area contributed by atoms with Crippen LogP contribution in [0.2, 0.25) is 0 Å². The van der Waals surface area contributed by atoms with Crippen LogP contribution in [0.4, 0.5) is 0 Å². The maximum atomic E-state index is 12.0. The number of hydrogen-bond donors (Lipinski definition) is 2. The number of carbonyl (C=O) groups is 1. The van der Waals surface area contributed by atoms with E-state index in [2.05, 4.69) is 20.5 Å². The van der Waals surface area contributed by atoms with Crippen LogP contribution in [0, 0.1) is 0 Å². The summed E-state index contributed by atoms with van der Waals surface area (Å²) < 4.78 is 5.52. The van der Waals surface area contributed by atoms with Gasteiger partial charge in [-0.3, -0.25) is 9.89 Å². The van der Waals surface area contributed by atoms with Crippen molar-refractivity contribution in [3.05, 3.63) is 47.5 Å². The van der Waals surface area contributed by atoms with Gasteiger partial charge in [0.25, 0.3) is 5.91 Å². The van der Waals surface area contributed by atoms with Gasteiger partial charge in [-0.15, -0.1) is 0 Å². The van der Waals surface area contributed by atoms with E-state index in [9.17, 15) is 4.79 Å². The highest BCUT2D eigenvalue weighted by Crippen LogP contribution is 2.07. The number of ether oxygens (including phenoxy) is 1. The minimum Gasteiger partial charge on any atom is -0.374 e. The standard InChI is InChI=1S/C15H20N4O2/c1-11(2)21-9-12-3-5-13(6-4-12)15(20)16-8-7-14-17-10-18-19-14/h3-6,10-11H,7-9H2,1-2H3,(H,16,20)(H,17,18,19). The van der Waals surface area contributed by atoms with Crippen molar-refractivity contribution < 1.29 is 9.53 Å². The van der Waals surface area contributed by atoms with Gasteiger partial charge in [0.15, 0.2) is 0 Å². The predicted molar refractivity (Wildman–Crippen MR) is 78.8 cm³/mol. The number of benzene rings is 1. The number of aromatic amines is 1. The molecule has 0 aliphatic rings. The first-order valence-electron chi connectivity index (χ1n) is 6.98. The maximum absolute atomic E-state index is 12.0. The van der Waals surface area contributed by atoms with E-state index in [1.54, 1.807) is 0 Å². The van der Waals surface area contributed by atoms with E-state index in [4.69, 9.17) is 4.74 Å². The quantitative estimate of drug-likeness (QED) is 0.812. The summed E-state index contributed by atoms with van der Waals surface area (Å²) in [6.07, 6.45) is 2.28. The summed E-state index contributed by atoms with van der Waals surface area (Å²) in [6, 6.07) is 7.44. The van der Waals surface area contributed by atoms with Gasteiger partial charge in [-0.2, -0.15) is 5.10 Å². The smallest absolute Gasteiger partial charge is 0.251 e. The lowest BCUT2D eigenvalue weighted by Gasteiger charge is -2.08. The van der Waals surface area contributed by atoms with Gasteiger partial charge >= 0.3 is 0 Å². The zero-order chi connectivity index (χ0) is 15.1. The molecule has 2 aromatic rings. The van der Waals surface area contributed by atoms with Crippen LogP contribution in [0.1, 0.15) is 35.6 Å². The zero-order valence-electron chi connectivity index (χ0n) is 12.3. The van der Waals surface area contributed by atoms with Crippen LogP contribution in [0.15, 0.2) is 30.6 Å². The monoisotopic (exact) mass is 288 g/mol. The van der Waals surface area contributed by atoms with Crippen molar-refractivity contribution in [1.29, 1.82) is 0 Å². The van der Waals surface area contributed by atoms with Gasteiger partial charge in [0.1, 0.15) is 12.2 Å². The summed E-state index contributed by atoms with van der Waals surface area (Å²) in [7, 11) is 0. The van der Waals surface area contributed by atoms with Crippen LogP contribution < -0.4 is 5.32 Å². The lowest BCUT2D eigenvalue weighted by molar-refractivity contribution is 0.0657. The molecule has 2 N–H and O–H groups in total. The van der Waals surface area contributed by atoms with Crippen LogP contribution in [0.25, 0.3) is 0 Å². The molecule has 2 rings (SSSR count). The van der Waals surface area contributed by atoms with Crippen molar-refractivity contribution in [3.8, 4) is 0 Å². The third-order valence-corrected chi connectivity index (χ3v) is 2.91. The maximum Gasteiger partial charge on any atom is 0.251 e. The highest BCUT2D eigenvalue weighted by molar-refractivity contribution is 5.94. The normalized spacial score (nSPS) is 10.8. The van der Waals surface area contributed by atoms with Crippen LogP contribution in [0.3, 0.4) is 0 Å². The molecule has 0 atom stereocenters. The van der Waals surface area contributed by atoms with E-state index in [1.165, 1.54) is 6.33 Å². The Hall–Kier alpha value is -2.21. The Bertz CT molecular complexity index is 550. The summed E-state index contributed by atoms with van der Waals surface area (Å²) in [5.41, 5.74) is 1.70. The van der Waals surface area contributed by atoms with Gasteiger partial charge in [-0.25, -0.2) is 4.98 Å². The van der Waals surface area contributed by atoms with Crippen LogP contribution in [-0.2, 0) is 17.8 Å². The van der Waals surface area contributed by atoms with Gasteiger partial charge in [0, 0.05) is 18.5 Å². The summed E-state index contributed by atoms with van der Waals surface area (Å²) in [5, 5.41) is 9.36. The van der Waals surface area contributed by atoms with Gasteiger partial charge in [-0.1, -0.05) is 12.1 Å². The molecule has 1 aromatic heterocycles. The van der Waals surface area contributed by atoms with Gasteiger partial charge < -0.3 is 10.1 Å². The van der Waals surface area contributed by atoms with Crippen molar-refractivity contribution in [1.82, 2.24) is 20.5 Å². The van der Waals surface area contributed by atoms with Gasteiger partial charge in [0.2, 0.25) is 0 Å². The molecule has 0 fully saturated rings. The molecule has 21 heavy (non-hydrogen) atoms. The topological polar surface area (TPSA) is 79.9 Å². The molecule has 6 nitrogen and oxygen atoms in total. The molecule has 0 unspecified atom stereocenters. The highest BCUT2D eigenvalue weighted by Gasteiger charge is 2.05. The molecule has 0 saturated carbocycles. The molecule has 0 aliphatic heterocycles. The Morgan fingerprint density at radius 1 is 1.33 bits per heavy atom. The average Bonchev–Trinajstić information content (AvgIpc) is 2.99. The number of carbonyl (C=O) groups excluding carboxylic acids is 1. The van der Waals surface area contributed by atoms with Crippen LogP contribution in [0.5, 0.6) is 0 Å². The minimum atomic E-state index is -0.0918. The Balaban J connectivity index is 1.79. The number of amides is 1. The van der Waals surface area contributed by atoms with E-state index in [-0.39, 0.29) is 12.0 Å². The second kappa shape index (κ2) is 7.54. The van der Waals surface area contributed by atoms with Crippen molar-refractivity contribution in [2.45, 2.75) is 33.0 Å². The number of H-pyrrole nitrogens is 1. The lowest BCUT2D eigenvalue weighted by atomic mass is 10.1. The largest absolute Gasteiger partial charge is 0.374 e. The van der Waals surface area contributed by atoms with E-state index in [0.717, 1.165) is 11.4 Å². The Morgan fingerprint density at radius 3 is 2.71 bits per heavy atom. The molecular formula is C15H20N4O2. The molecular weight excluding hydrogens is 268 g/mol. The molecule has 0 saturated heterocycles. The SMILES string of the molecule is CC(C)OCc1ccc(C(=O)NCCc2ncn[nH]2)cc1. The highest BCUT2D eigenvalue weighted by atomic mass is 16.5. The summed E-state index contributed by atoms with van der Waals surface area (Å²) in [6.45, 7) is 5.07. The summed E-state index contributed by atoms with van der Waals surface area (Å²) >= 11 is 0. The number of nitrogens with zero attached hydrogens (tertiary/aromatic N) is 2. The molecule has 112 valence electrons. The van der Waals surface area contributed by atoms with Gasteiger partial charge in [-0.05, 0) is 31.5 Å². The Labute approximate surface area is 123 Å². The lowest BCUT2D eigenvalue weighted by Crippen LogP contribution is -2.25. The fraction of sp³-hybridized carbons (Fsp3) is 0.400. The van der Waals surface area contributed by atoms with Crippen LogP contribution in [-0.4, -0.2) is 33.7 Å². The van der Waals surface area contributed by atoms with E-state index in [0.29, 0.717) is 25.1 Å². The fourth-order valence-corrected chi connectivity index (χ4v) is 1.76. The first-order valence-corrected chi connectivity index (χ1v) is 6.98. The van der Waals surface area contributed by atoms with Crippen molar-refractivity contribution in [2.75, 3.05) is 6.54 Å². The van der Waals surface area contributed by atoms with E-state index in [1.807, 2.05) is 38.1 Å². The van der Waals surface area contributed by atoms with E-state index >= 15 is 0 Å². The molecule has 0 spiro atoms. The number of rotatable bonds is 7. The fourth-order valence-electron chi connectivity index (χ4n) is 1.76. The van der Waals surface area contributed by atoms with Crippen molar-refractivity contribution in [3.63, 3.8) is 0 Å². The molecule has 6 heteroatoms. The van der Waals surface area contributed by atoms with Crippen molar-refractivity contribution in [2.24, 2.45) is 0 Å². The molecule has 0 radical (unpaired) electrons. The first kappa shape index (κ1) is 15.2. The molecule has 1 aromatic carbocycles. The number of aromatic nitrogens is 3. The average molecular weight is 288 g/mol. The molecule has 1 heterocycles. The van der Waals surface area contributed by atoms with Crippen molar-refractivity contribution >= 4 is 5.91 Å². The first-order chi connectivity index (χ1) is 10.1. The third kappa shape index (κ3) is 5.00. The van der Waals surface area contributed by atoms with Gasteiger partial charge in [0.05, 0.1) is 12.7 Å². The molecule has 0 aliphatic carbocycles. The molecule has 1 amide bonds. The second-order valence-electron chi connectivity index (χ2n) is 4.99. The zero-order valence-corrected chi connectivity index (χ0v) is 12.3.